The highest BCUT2D eigenvalue weighted by molar-refractivity contribution is 7.12. The highest BCUT2D eigenvalue weighted by Gasteiger charge is 2.21. The van der Waals surface area contributed by atoms with Gasteiger partial charge in [0.15, 0.2) is 0 Å². The molecule has 2 heterocycles. The number of carbonyl (C=O) groups excluding carboxylic acids is 1. The number of hydrogen-bond donors (Lipinski definition) is 1. The van der Waals surface area contributed by atoms with Gasteiger partial charge < -0.3 is 9.73 Å². The molecule has 2 aromatic carbocycles. The Morgan fingerprint density at radius 1 is 0.958 bits per heavy atom. The van der Waals surface area contributed by atoms with Gasteiger partial charge in [-0.1, -0.05) is 54.6 Å². The zero-order valence-electron chi connectivity index (χ0n) is 12.8. The number of nitrogens with one attached hydrogen (secondary N) is 1. The SMILES string of the molecule is O=C(N[C@@H](c1ccccc1)c1cc2ccccc2o1)c1cccs1. The first-order valence-electron chi connectivity index (χ1n) is 7.69. The zero-order valence-corrected chi connectivity index (χ0v) is 13.6. The molecule has 0 aliphatic heterocycles. The molecule has 4 aromatic rings. The third-order valence-corrected chi connectivity index (χ3v) is 4.75. The molecule has 1 N–H and O–H groups in total. The second kappa shape index (κ2) is 6.34. The van der Waals surface area contributed by atoms with Gasteiger partial charge in [0.2, 0.25) is 0 Å². The van der Waals surface area contributed by atoms with Gasteiger partial charge in [0, 0.05) is 5.39 Å². The van der Waals surface area contributed by atoms with Crippen molar-refractivity contribution in [1.29, 1.82) is 0 Å². The van der Waals surface area contributed by atoms with Crippen LogP contribution in [0, 0.1) is 0 Å². The van der Waals surface area contributed by atoms with Crippen LogP contribution in [-0.2, 0) is 0 Å². The van der Waals surface area contributed by atoms with E-state index in [1.54, 1.807) is 0 Å². The van der Waals surface area contributed by atoms with Crippen molar-refractivity contribution >= 4 is 28.2 Å². The molecule has 1 amide bonds. The van der Waals surface area contributed by atoms with Crippen LogP contribution in [0.25, 0.3) is 11.0 Å². The summed E-state index contributed by atoms with van der Waals surface area (Å²) >= 11 is 1.43. The predicted octanol–water partition coefficient (Wildman–Crippen LogP) is 5.01. The van der Waals surface area contributed by atoms with Crippen molar-refractivity contribution in [2.24, 2.45) is 0 Å². The maximum absolute atomic E-state index is 12.5. The highest BCUT2D eigenvalue weighted by Crippen LogP contribution is 2.28. The van der Waals surface area contributed by atoms with Crippen molar-refractivity contribution in [2.45, 2.75) is 6.04 Å². The molecule has 118 valence electrons. The Balaban J connectivity index is 1.74. The normalized spacial score (nSPS) is 12.2. The van der Waals surface area contributed by atoms with Gasteiger partial charge in [-0.15, -0.1) is 11.3 Å². The Bertz CT molecular complexity index is 925. The molecule has 0 spiro atoms. The fourth-order valence-corrected chi connectivity index (χ4v) is 3.35. The van der Waals surface area contributed by atoms with E-state index in [9.17, 15) is 4.79 Å². The molecule has 0 unspecified atom stereocenters. The predicted molar refractivity (Wildman–Crippen MR) is 96.3 cm³/mol. The van der Waals surface area contributed by atoms with Gasteiger partial charge in [0.05, 0.1) is 4.88 Å². The molecule has 0 radical (unpaired) electrons. The summed E-state index contributed by atoms with van der Waals surface area (Å²) in [6.45, 7) is 0. The Kier molecular flexibility index (Phi) is 3.89. The number of carbonyl (C=O) groups is 1. The second-order valence-electron chi connectivity index (χ2n) is 5.48. The van der Waals surface area contributed by atoms with Crippen LogP contribution in [0.1, 0.15) is 27.0 Å². The first-order valence-corrected chi connectivity index (χ1v) is 8.57. The van der Waals surface area contributed by atoms with Crippen LogP contribution >= 0.6 is 11.3 Å². The average Bonchev–Trinajstić information content (AvgIpc) is 3.29. The van der Waals surface area contributed by atoms with E-state index in [4.69, 9.17) is 4.42 Å². The van der Waals surface area contributed by atoms with Gasteiger partial charge in [-0.05, 0) is 29.1 Å². The number of fused-ring (bicyclic) bond motifs is 1. The van der Waals surface area contributed by atoms with E-state index >= 15 is 0 Å². The number of rotatable bonds is 4. The van der Waals surface area contributed by atoms with Gasteiger partial charge >= 0.3 is 0 Å². The van der Waals surface area contributed by atoms with Gasteiger partial charge in [0.1, 0.15) is 17.4 Å². The molecule has 3 nitrogen and oxygen atoms in total. The molecule has 0 bridgehead atoms. The molecule has 0 saturated carbocycles. The number of para-hydroxylation sites is 1. The summed E-state index contributed by atoms with van der Waals surface area (Å²) in [5, 5.41) is 6.01. The molecule has 4 rings (SSSR count). The van der Waals surface area contributed by atoms with E-state index in [2.05, 4.69) is 5.32 Å². The third-order valence-electron chi connectivity index (χ3n) is 3.88. The maximum Gasteiger partial charge on any atom is 0.262 e. The lowest BCUT2D eigenvalue weighted by Crippen LogP contribution is -2.28. The molecule has 1 atom stereocenters. The fourth-order valence-electron chi connectivity index (χ4n) is 2.72. The summed E-state index contributed by atoms with van der Waals surface area (Å²) in [6.07, 6.45) is 0. The molecular weight excluding hydrogens is 318 g/mol. The Labute approximate surface area is 143 Å². The largest absolute Gasteiger partial charge is 0.459 e. The molecular formula is C20H15NO2S. The summed E-state index contributed by atoms with van der Waals surface area (Å²) in [5.74, 6) is 0.631. The third kappa shape index (κ3) is 2.84. The van der Waals surface area contributed by atoms with Crippen molar-refractivity contribution in [3.63, 3.8) is 0 Å². The summed E-state index contributed by atoms with van der Waals surface area (Å²) in [6, 6.07) is 23.1. The van der Waals surface area contributed by atoms with Crippen LogP contribution in [0.15, 0.2) is 82.6 Å². The summed E-state index contributed by atoms with van der Waals surface area (Å²) in [7, 11) is 0. The van der Waals surface area contributed by atoms with E-state index in [1.165, 1.54) is 11.3 Å². The topological polar surface area (TPSA) is 42.2 Å². The van der Waals surface area contributed by atoms with Crippen molar-refractivity contribution in [3.8, 4) is 0 Å². The van der Waals surface area contributed by atoms with E-state index in [0.29, 0.717) is 4.88 Å². The summed E-state index contributed by atoms with van der Waals surface area (Å²) in [5.41, 5.74) is 1.81. The number of hydrogen-bond acceptors (Lipinski definition) is 3. The van der Waals surface area contributed by atoms with Crippen molar-refractivity contribution in [2.75, 3.05) is 0 Å². The van der Waals surface area contributed by atoms with E-state index < -0.39 is 0 Å². The van der Waals surface area contributed by atoms with Gasteiger partial charge in [-0.3, -0.25) is 4.79 Å². The minimum atomic E-state index is -0.326. The lowest BCUT2D eigenvalue weighted by Gasteiger charge is -2.16. The minimum absolute atomic E-state index is 0.0979. The smallest absolute Gasteiger partial charge is 0.262 e. The van der Waals surface area contributed by atoms with Gasteiger partial charge in [0.25, 0.3) is 5.91 Å². The molecule has 0 aliphatic carbocycles. The lowest BCUT2D eigenvalue weighted by molar-refractivity contribution is 0.0943. The van der Waals surface area contributed by atoms with Gasteiger partial charge in [-0.25, -0.2) is 0 Å². The lowest BCUT2D eigenvalue weighted by atomic mass is 10.0. The van der Waals surface area contributed by atoms with Crippen molar-refractivity contribution in [1.82, 2.24) is 5.32 Å². The van der Waals surface area contributed by atoms with E-state index in [1.807, 2.05) is 78.2 Å². The Morgan fingerprint density at radius 3 is 2.50 bits per heavy atom. The summed E-state index contributed by atoms with van der Waals surface area (Å²) < 4.78 is 5.99. The van der Waals surface area contributed by atoms with Crippen molar-refractivity contribution < 1.29 is 9.21 Å². The second-order valence-corrected chi connectivity index (χ2v) is 6.43. The first kappa shape index (κ1) is 14.7. The van der Waals surface area contributed by atoms with E-state index in [0.717, 1.165) is 22.3 Å². The average molecular weight is 333 g/mol. The molecule has 0 fully saturated rings. The number of thiophene rings is 1. The number of furan rings is 1. The Morgan fingerprint density at radius 2 is 1.75 bits per heavy atom. The molecule has 24 heavy (non-hydrogen) atoms. The minimum Gasteiger partial charge on any atom is -0.459 e. The van der Waals surface area contributed by atoms with Crippen LogP contribution in [0.2, 0.25) is 0 Å². The van der Waals surface area contributed by atoms with Crippen LogP contribution in [0.5, 0.6) is 0 Å². The molecule has 2 aromatic heterocycles. The van der Waals surface area contributed by atoms with Crippen LogP contribution in [-0.4, -0.2) is 5.91 Å². The monoisotopic (exact) mass is 333 g/mol. The van der Waals surface area contributed by atoms with Crippen LogP contribution < -0.4 is 5.32 Å². The quantitative estimate of drug-likeness (QED) is 0.570. The van der Waals surface area contributed by atoms with E-state index in [-0.39, 0.29) is 11.9 Å². The van der Waals surface area contributed by atoms with Crippen LogP contribution in [0.4, 0.5) is 0 Å². The van der Waals surface area contributed by atoms with Crippen molar-refractivity contribution in [3.05, 3.63) is 94.4 Å². The maximum atomic E-state index is 12.5. The Hall–Kier alpha value is -2.85. The molecule has 0 aliphatic rings. The first-order chi connectivity index (χ1) is 11.8. The molecule has 0 saturated heterocycles. The fraction of sp³-hybridized carbons (Fsp3) is 0.0500. The zero-order chi connectivity index (χ0) is 16.4. The summed E-state index contributed by atoms with van der Waals surface area (Å²) in [4.78, 5) is 13.2. The van der Waals surface area contributed by atoms with Crippen LogP contribution in [0.3, 0.4) is 0 Å². The number of amides is 1. The van der Waals surface area contributed by atoms with Gasteiger partial charge in [-0.2, -0.15) is 0 Å². The number of benzene rings is 2. The highest BCUT2D eigenvalue weighted by atomic mass is 32.1. The molecule has 4 heteroatoms. The standard InChI is InChI=1S/C20H15NO2S/c22-20(18-11-6-12-24-18)21-19(14-7-2-1-3-8-14)17-13-15-9-4-5-10-16(15)23-17/h1-13,19H,(H,21,22)/t19-/m0/s1.